The molecule has 0 saturated heterocycles. The lowest BCUT2D eigenvalue weighted by atomic mass is 10.0. The molecule has 0 bridgehead atoms. The maximum absolute atomic E-state index is 12.8. The fraction of sp³-hybridized carbons (Fsp3) is 0.500. The highest BCUT2D eigenvalue weighted by Crippen LogP contribution is 2.36. The number of amides is 1. The van der Waals surface area contributed by atoms with Gasteiger partial charge >= 0.3 is 0 Å². The first-order chi connectivity index (χ1) is 11.6. The number of benzene rings is 1. The van der Waals surface area contributed by atoms with Gasteiger partial charge in [-0.3, -0.25) is 4.79 Å². The Hall–Kier alpha value is -1.68. The van der Waals surface area contributed by atoms with E-state index in [1.807, 2.05) is 5.38 Å². The van der Waals surface area contributed by atoms with Crippen molar-refractivity contribution in [2.24, 2.45) is 5.92 Å². The van der Waals surface area contributed by atoms with Crippen molar-refractivity contribution < 1.29 is 4.79 Å². The summed E-state index contributed by atoms with van der Waals surface area (Å²) >= 11 is 1.57. The van der Waals surface area contributed by atoms with E-state index in [9.17, 15) is 4.79 Å². The molecule has 1 aromatic heterocycles. The van der Waals surface area contributed by atoms with Crippen molar-refractivity contribution >= 4 is 17.2 Å². The lowest BCUT2D eigenvalue weighted by molar-refractivity contribution is 0.0729. The molecular formula is C20H24N2OS. The topological polar surface area (TPSA) is 33.2 Å². The van der Waals surface area contributed by atoms with Gasteiger partial charge in [-0.05, 0) is 43.1 Å². The summed E-state index contributed by atoms with van der Waals surface area (Å²) < 4.78 is 0. The van der Waals surface area contributed by atoms with Crippen LogP contribution in [0.15, 0.2) is 29.6 Å². The molecule has 1 heterocycles. The molecule has 0 N–H and O–H groups in total. The third-order valence-electron chi connectivity index (χ3n) is 4.95. The summed E-state index contributed by atoms with van der Waals surface area (Å²) in [5.74, 6) is 1.39. The van der Waals surface area contributed by atoms with Gasteiger partial charge in [-0.15, -0.1) is 11.3 Å². The number of aromatic nitrogens is 1. The Balaban J connectivity index is 1.51. The van der Waals surface area contributed by atoms with E-state index in [1.165, 1.54) is 18.4 Å². The van der Waals surface area contributed by atoms with Gasteiger partial charge in [0.15, 0.2) is 0 Å². The molecule has 0 spiro atoms. The van der Waals surface area contributed by atoms with Crippen LogP contribution in [0.2, 0.25) is 0 Å². The Labute approximate surface area is 147 Å². The number of hydrogen-bond donors (Lipinski definition) is 0. The van der Waals surface area contributed by atoms with Crippen LogP contribution >= 0.6 is 11.3 Å². The maximum Gasteiger partial charge on any atom is 0.273 e. The molecule has 2 saturated carbocycles. The molecule has 1 aromatic carbocycles. The van der Waals surface area contributed by atoms with E-state index in [1.54, 1.807) is 11.3 Å². The average molecular weight is 340 g/mol. The van der Waals surface area contributed by atoms with Crippen molar-refractivity contribution in [1.29, 1.82) is 0 Å². The van der Waals surface area contributed by atoms with Gasteiger partial charge in [0.25, 0.3) is 5.91 Å². The molecule has 1 amide bonds. The first-order valence-electron chi connectivity index (χ1n) is 8.98. The molecule has 2 aromatic rings. The minimum atomic E-state index is 0.130. The monoisotopic (exact) mass is 340 g/mol. The third-order valence-corrected chi connectivity index (χ3v) is 5.84. The SMILES string of the molecule is CC(C)c1ccc(-c2nc(C(=O)N(CC3CC3)C3CC3)cs2)cc1. The van der Waals surface area contributed by atoms with E-state index in [4.69, 9.17) is 0 Å². The lowest BCUT2D eigenvalue weighted by Gasteiger charge is -2.21. The molecular weight excluding hydrogens is 316 g/mol. The fourth-order valence-electron chi connectivity index (χ4n) is 3.02. The second-order valence-electron chi connectivity index (χ2n) is 7.45. The van der Waals surface area contributed by atoms with Crippen LogP contribution in [0.3, 0.4) is 0 Å². The van der Waals surface area contributed by atoms with Crippen molar-refractivity contribution in [1.82, 2.24) is 9.88 Å². The Morgan fingerprint density at radius 3 is 2.50 bits per heavy atom. The fourth-order valence-corrected chi connectivity index (χ4v) is 3.82. The standard InChI is InChI=1S/C20H24N2OS/c1-13(2)15-5-7-16(8-6-15)19-21-18(12-24-19)20(23)22(17-9-10-17)11-14-3-4-14/h5-8,12-14,17H,3-4,9-11H2,1-2H3. The summed E-state index contributed by atoms with van der Waals surface area (Å²) in [5, 5.41) is 2.87. The van der Waals surface area contributed by atoms with E-state index in [-0.39, 0.29) is 5.91 Å². The average Bonchev–Trinajstić information content (AvgIpc) is 3.51. The summed E-state index contributed by atoms with van der Waals surface area (Å²) in [6.07, 6.45) is 4.88. The van der Waals surface area contributed by atoms with Crippen molar-refractivity contribution in [2.75, 3.05) is 6.54 Å². The molecule has 0 radical (unpaired) electrons. The highest BCUT2D eigenvalue weighted by atomic mass is 32.1. The van der Waals surface area contributed by atoms with Crippen LogP contribution in [0.1, 0.15) is 61.5 Å². The quantitative estimate of drug-likeness (QED) is 0.745. The highest BCUT2D eigenvalue weighted by molar-refractivity contribution is 7.13. The van der Waals surface area contributed by atoms with E-state index < -0.39 is 0 Å². The molecule has 4 heteroatoms. The van der Waals surface area contributed by atoms with Gasteiger partial charge in [-0.1, -0.05) is 38.1 Å². The number of nitrogens with zero attached hydrogens (tertiary/aromatic N) is 2. The lowest BCUT2D eigenvalue weighted by Crippen LogP contribution is -2.35. The van der Waals surface area contributed by atoms with Gasteiger partial charge in [0, 0.05) is 23.5 Å². The van der Waals surface area contributed by atoms with Gasteiger partial charge in [0.1, 0.15) is 10.7 Å². The second-order valence-corrected chi connectivity index (χ2v) is 8.30. The number of carbonyl (C=O) groups excluding carboxylic acids is 1. The molecule has 0 aliphatic heterocycles. The maximum atomic E-state index is 12.8. The number of carbonyl (C=O) groups is 1. The van der Waals surface area contributed by atoms with Crippen LogP contribution in [0.25, 0.3) is 10.6 Å². The van der Waals surface area contributed by atoms with E-state index in [2.05, 4.69) is 48.0 Å². The second kappa shape index (κ2) is 6.32. The molecule has 2 fully saturated rings. The van der Waals surface area contributed by atoms with Gasteiger partial charge in [-0.25, -0.2) is 4.98 Å². The molecule has 0 unspecified atom stereocenters. The van der Waals surface area contributed by atoms with Crippen molar-refractivity contribution in [3.05, 3.63) is 40.9 Å². The Morgan fingerprint density at radius 1 is 1.21 bits per heavy atom. The minimum Gasteiger partial charge on any atom is -0.334 e. The van der Waals surface area contributed by atoms with Gasteiger partial charge < -0.3 is 4.90 Å². The van der Waals surface area contributed by atoms with E-state index >= 15 is 0 Å². The van der Waals surface area contributed by atoms with Crippen molar-refractivity contribution in [3.63, 3.8) is 0 Å². The van der Waals surface area contributed by atoms with E-state index in [0.717, 1.165) is 35.9 Å². The number of thiazole rings is 1. The number of rotatable bonds is 6. The van der Waals surface area contributed by atoms with Crippen molar-refractivity contribution in [3.8, 4) is 10.6 Å². The highest BCUT2D eigenvalue weighted by Gasteiger charge is 2.37. The predicted octanol–water partition coefficient (Wildman–Crippen LogP) is 4.95. The molecule has 2 aliphatic rings. The molecule has 3 nitrogen and oxygen atoms in total. The first kappa shape index (κ1) is 15.8. The minimum absolute atomic E-state index is 0.130. The summed E-state index contributed by atoms with van der Waals surface area (Å²) in [6, 6.07) is 9.02. The van der Waals surface area contributed by atoms with Crippen molar-refractivity contribution in [2.45, 2.75) is 51.5 Å². The first-order valence-corrected chi connectivity index (χ1v) is 9.86. The van der Waals surface area contributed by atoms with E-state index in [0.29, 0.717) is 17.7 Å². The normalized spacial score (nSPS) is 17.3. The number of hydrogen-bond acceptors (Lipinski definition) is 3. The van der Waals surface area contributed by atoms with Gasteiger partial charge in [0.2, 0.25) is 0 Å². The summed E-state index contributed by atoms with van der Waals surface area (Å²) in [7, 11) is 0. The third kappa shape index (κ3) is 3.39. The molecule has 2 aliphatic carbocycles. The predicted molar refractivity (Wildman–Crippen MR) is 98.4 cm³/mol. The summed E-state index contributed by atoms with van der Waals surface area (Å²) in [4.78, 5) is 19.6. The zero-order valence-electron chi connectivity index (χ0n) is 14.4. The van der Waals surface area contributed by atoms with Crippen LogP contribution in [-0.2, 0) is 0 Å². The van der Waals surface area contributed by atoms with Crippen LogP contribution in [0.5, 0.6) is 0 Å². The largest absolute Gasteiger partial charge is 0.334 e. The van der Waals surface area contributed by atoms with Crippen LogP contribution in [0, 0.1) is 5.92 Å². The molecule has 4 rings (SSSR count). The zero-order chi connectivity index (χ0) is 16.7. The smallest absolute Gasteiger partial charge is 0.273 e. The summed E-state index contributed by atoms with van der Waals surface area (Å²) in [5.41, 5.74) is 3.05. The zero-order valence-corrected chi connectivity index (χ0v) is 15.2. The molecule has 126 valence electrons. The molecule has 0 atom stereocenters. The van der Waals surface area contributed by atoms with Gasteiger partial charge in [0.05, 0.1) is 0 Å². The van der Waals surface area contributed by atoms with Crippen LogP contribution in [-0.4, -0.2) is 28.4 Å². The van der Waals surface area contributed by atoms with Crippen LogP contribution in [0.4, 0.5) is 0 Å². The Bertz CT molecular complexity index is 726. The molecule has 24 heavy (non-hydrogen) atoms. The Kier molecular flexibility index (Phi) is 4.17. The van der Waals surface area contributed by atoms with Crippen LogP contribution < -0.4 is 0 Å². The Morgan fingerprint density at radius 2 is 1.92 bits per heavy atom. The van der Waals surface area contributed by atoms with Gasteiger partial charge in [-0.2, -0.15) is 0 Å². The summed E-state index contributed by atoms with van der Waals surface area (Å²) in [6.45, 7) is 5.32.